The first-order valence-electron chi connectivity index (χ1n) is 8.07. The normalized spacial score (nSPS) is 10.1. The van der Waals surface area contributed by atoms with Crippen LogP contribution in [0.3, 0.4) is 0 Å². The van der Waals surface area contributed by atoms with E-state index in [1.165, 1.54) is 0 Å². The van der Waals surface area contributed by atoms with Gasteiger partial charge in [0.1, 0.15) is 0 Å². The molecule has 0 aliphatic heterocycles. The maximum atomic E-state index is 12.3. The molecule has 0 aromatic heterocycles. The fraction of sp³-hybridized carbons (Fsp3) is 0.263. The Morgan fingerprint density at radius 2 is 1.33 bits per heavy atom. The van der Waals surface area contributed by atoms with Crippen molar-refractivity contribution in [3.63, 3.8) is 0 Å². The molecule has 0 atom stereocenters. The zero-order valence-electron chi connectivity index (χ0n) is 14.3. The van der Waals surface area contributed by atoms with Crippen LogP contribution in [0, 0.1) is 0 Å². The molecule has 0 heterocycles. The molecule has 2 aromatic carbocycles. The fourth-order valence-corrected chi connectivity index (χ4v) is 2.46. The molecule has 5 heteroatoms. The van der Waals surface area contributed by atoms with Gasteiger partial charge in [0.2, 0.25) is 0 Å². The number of amides is 2. The summed E-state index contributed by atoms with van der Waals surface area (Å²) in [6, 6.07) is 14.3. The van der Waals surface area contributed by atoms with E-state index in [1.807, 2.05) is 24.3 Å². The number of benzene rings is 2. The summed E-state index contributed by atoms with van der Waals surface area (Å²) in [5.41, 5.74) is 2.91. The van der Waals surface area contributed by atoms with Crippen LogP contribution < -0.4 is 15.5 Å². The third-order valence-corrected chi connectivity index (χ3v) is 3.89. The Bertz CT molecular complexity index is 690. The summed E-state index contributed by atoms with van der Waals surface area (Å²) >= 11 is 0. The van der Waals surface area contributed by atoms with Crippen molar-refractivity contribution in [2.45, 2.75) is 13.8 Å². The second kappa shape index (κ2) is 8.15. The van der Waals surface area contributed by atoms with Gasteiger partial charge in [-0.25, -0.2) is 0 Å². The summed E-state index contributed by atoms with van der Waals surface area (Å²) < 4.78 is 0. The predicted molar refractivity (Wildman–Crippen MR) is 97.8 cm³/mol. The summed E-state index contributed by atoms with van der Waals surface area (Å²) in [5.74, 6) is -0.325. The average molecular weight is 325 g/mol. The van der Waals surface area contributed by atoms with Crippen LogP contribution in [-0.2, 0) is 0 Å². The summed E-state index contributed by atoms with van der Waals surface area (Å²) in [6.07, 6.45) is 0. The van der Waals surface area contributed by atoms with E-state index in [0.717, 1.165) is 18.8 Å². The molecule has 0 saturated carbocycles. The molecule has 0 fully saturated rings. The molecule has 126 valence electrons. The minimum Gasteiger partial charge on any atom is -0.372 e. The molecule has 0 spiro atoms. The first kappa shape index (κ1) is 17.5. The smallest absolute Gasteiger partial charge is 0.255 e. The van der Waals surface area contributed by atoms with Crippen molar-refractivity contribution in [1.29, 1.82) is 0 Å². The lowest BCUT2D eigenvalue weighted by atomic mass is 10.1. The highest BCUT2D eigenvalue weighted by Gasteiger charge is 2.08. The second-order valence-corrected chi connectivity index (χ2v) is 5.33. The largest absolute Gasteiger partial charge is 0.372 e. The van der Waals surface area contributed by atoms with Crippen molar-refractivity contribution < 1.29 is 9.59 Å². The Hall–Kier alpha value is -2.82. The van der Waals surface area contributed by atoms with Gasteiger partial charge < -0.3 is 15.5 Å². The van der Waals surface area contributed by atoms with Gasteiger partial charge in [0, 0.05) is 42.6 Å². The van der Waals surface area contributed by atoms with E-state index in [2.05, 4.69) is 29.4 Å². The topological polar surface area (TPSA) is 61.4 Å². The first-order chi connectivity index (χ1) is 11.6. The minimum atomic E-state index is -0.172. The van der Waals surface area contributed by atoms with Gasteiger partial charge in [-0.2, -0.15) is 0 Å². The highest BCUT2D eigenvalue weighted by molar-refractivity contribution is 6.04. The molecule has 0 saturated heterocycles. The van der Waals surface area contributed by atoms with E-state index in [0.29, 0.717) is 16.8 Å². The van der Waals surface area contributed by atoms with E-state index in [4.69, 9.17) is 0 Å². The zero-order chi connectivity index (χ0) is 17.5. The van der Waals surface area contributed by atoms with Gasteiger partial charge in [0.15, 0.2) is 0 Å². The number of rotatable bonds is 6. The first-order valence-corrected chi connectivity index (χ1v) is 8.07. The molecule has 2 amide bonds. The summed E-state index contributed by atoms with van der Waals surface area (Å²) in [6.45, 7) is 6.07. The molecule has 0 aliphatic carbocycles. The standard InChI is InChI=1S/C19H23N3O2/c1-4-22(5-2)17-12-8-15(9-13-17)19(24)21-16-10-6-14(7-11-16)18(23)20-3/h6-13H,4-5H2,1-3H3,(H,20,23)(H,21,24). The maximum absolute atomic E-state index is 12.3. The lowest BCUT2D eigenvalue weighted by molar-refractivity contribution is 0.0962. The average Bonchev–Trinajstić information content (AvgIpc) is 2.63. The van der Waals surface area contributed by atoms with E-state index in [1.54, 1.807) is 31.3 Å². The highest BCUT2D eigenvalue weighted by Crippen LogP contribution is 2.16. The Morgan fingerprint density at radius 1 is 0.833 bits per heavy atom. The van der Waals surface area contributed by atoms with Crippen molar-refractivity contribution in [3.05, 3.63) is 59.7 Å². The monoisotopic (exact) mass is 325 g/mol. The van der Waals surface area contributed by atoms with Crippen LogP contribution in [-0.4, -0.2) is 32.0 Å². The van der Waals surface area contributed by atoms with Crippen LogP contribution in [0.4, 0.5) is 11.4 Å². The molecule has 24 heavy (non-hydrogen) atoms. The van der Waals surface area contributed by atoms with Crippen molar-refractivity contribution in [1.82, 2.24) is 5.32 Å². The molecular weight excluding hydrogens is 302 g/mol. The SMILES string of the molecule is CCN(CC)c1ccc(C(=O)Nc2ccc(C(=O)NC)cc2)cc1. The van der Waals surface area contributed by atoms with Gasteiger partial charge in [-0.05, 0) is 62.4 Å². The number of anilines is 2. The highest BCUT2D eigenvalue weighted by atomic mass is 16.2. The number of carbonyl (C=O) groups is 2. The molecule has 2 aromatic rings. The van der Waals surface area contributed by atoms with E-state index >= 15 is 0 Å². The van der Waals surface area contributed by atoms with Gasteiger partial charge in [0.25, 0.3) is 11.8 Å². The van der Waals surface area contributed by atoms with Crippen molar-refractivity contribution in [2.24, 2.45) is 0 Å². The Morgan fingerprint density at radius 3 is 1.83 bits per heavy atom. The third-order valence-electron chi connectivity index (χ3n) is 3.89. The number of carbonyl (C=O) groups excluding carboxylic acids is 2. The van der Waals surface area contributed by atoms with E-state index < -0.39 is 0 Å². The number of hydrogen-bond acceptors (Lipinski definition) is 3. The molecule has 5 nitrogen and oxygen atoms in total. The van der Waals surface area contributed by atoms with E-state index in [-0.39, 0.29) is 11.8 Å². The lowest BCUT2D eigenvalue weighted by Crippen LogP contribution is -2.21. The molecule has 0 bridgehead atoms. The summed E-state index contributed by atoms with van der Waals surface area (Å²) in [5, 5.41) is 5.40. The van der Waals surface area contributed by atoms with Crippen LogP contribution in [0.15, 0.2) is 48.5 Å². The van der Waals surface area contributed by atoms with Gasteiger partial charge >= 0.3 is 0 Å². The van der Waals surface area contributed by atoms with Crippen LogP contribution in [0.5, 0.6) is 0 Å². The molecule has 2 N–H and O–H groups in total. The zero-order valence-corrected chi connectivity index (χ0v) is 14.3. The number of nitrogens with one attached hydrogen (secondary N) is 2. The summed E-state index contributed by atoms with van der Waals surface area (Å²) in [7, 11) is 1.58. The Kier molecular flexibility index (Phi) is 5.95. The molecule has 2 rings (SSSR count). The van der Waals surface area contributed by atoms with Crippen molar-refractivity contribution in [2.75, 3.05) is 30.4 Å². The number of nitrogens with zero attached hydrogens (tertiary/aromatic N) is 1. The van der Waals surface area contributed by atoms with Crippen molar-refractivity contribution in [3.8, 4) is 0 Å². The molecule has 0 radical (unpaired) electrons. The minimum absolute atomic E-state index is 0.153. The van der Waals surface area contributed by atoms with Crippen molar-refractivity contribution >= 4 is 23.2 Å². The molecular formula is C19H23N3O2. The Balaban J connectivity index is 2.05. The fourth-order valence-electron chi connectivity index (χ4n) is 2.46. The maximum Gasteiger partial charge on any atom is 0.255 e. The van der Waals surface area contributed by atoms with Gasteiger partial charge in [0.05, 0.1) is 0 Å². The van der Waals surface area contributed by atoms with Gasteiger partial charge in [-0.15, -0.1) is 0 Å². The lowest BCUT2D eigenvalue weighted by Gasteiger charge is -2.21. The van der Waals surface area contributed by atoms with Gasteiger partial charge in [-0.3, -0.25) is 9.59 Å². The quantitative estimate of drug-likeness (QED) is 0.858. The second-order valence-electron chi connectivity index (χ2n) is 5.33. The third kappa shape index (κ3) is 4.13. The Labute approximate surface area is 142 Å². The summed E-state index contributed by atoms with van der Waals surface area (Å²) in [4.78, 5) is 26.0. The van der Waals surface area contributed by atoms with Crippen LogP contribution in [0.2, 0.25) is 0 Å². The van der Waals surface area contributed by atoms with E-state index in [9.17, 15) is 9.59 Å². The van der Waals surface area contributed by atoms with Gasteiger partial charge in [-0.1, -0.05) is 0 Å². The van der Waals surface area contributed by atoms with Crippen LogP contribution >= 0.6 is 0 Å². The molecule has 0 unspecified atom stereocenters. The van der Waals surface area contributed by atoms with Crippen LogP contribution in [0.1, 0.15) is 34.6 Å². The predicted octanol–water partition coefficient (Wildman–Crippen LogP) is 3.14. The van der Waals surface area contributed by atoms with Crippen LogP contribution in [0.25, 0.3) is 0 Å². The number of hydrogen-bond donors (Lipinski definition) is 2. The molecule has 0 aliphatic rings.